The number of amides is 2. The molecule has 0 aromatic heterocycles. The highest BCUT2D eigenvalue weighted by molar-refractivity contribution is 7.92. The number of hydrogen-bond donors (Lipinski definition) is 1. The van der Waals surface area contributed by atoms with Crippen LogP contribution < -0.4 is 28.6 Å². The minimum Gasteiger partial charge on any atom is -0.497 e. The van der Waals surface area contributed by atoms with Crippen LogP contribution in [0.5, 0.6) is 23.0 Å². The molecule has 0 aliphatic carbocycles. The number of hydrogen-bond acceptors (Lipinski definition) is 8. The summed E-state index contributed by atoms with van der Waals surface area (Å²) >= 11 is 0. The monoisotopic (exact) mass is 641 g/mol. The number of carbonyl (C=O) groups is 2. The highest BCUT2D eigenvalue weighted by atomic mass is 32.2. The fourth-order valence-corrected chi connectivity index (χ4v) is 6.07. The lowest BCUT2D eigenvalue weighted by Crippen LogP contribution is -2.54. The summed E-state index contributed by atoms with van der Waals surface area (Å²) in [6.45, 7) is 8.49. The Hall–Kier alpha value is -4.45. The first-order valence-electron chi connectivity index (χ1n) is 14.3. The van der Waals surface area contributed by atoms with Crippen LogP contribution in [-0.2, 0) is 26.2 Å². The van der Waals surface area contributed by atoms with Crippen molar-refractivity contribution in [3.8, 4) is 23.0 Å². The van der Waals surface area contributed by atoms with E-state index < -0.39 is 34.1 Å². The Morgan fingerprint density at radius 2 is 1.47 bits per heavy atom. The molecule has 3 rings (SSSR count). The summed E-state index contributed by atoms with van der Waals surface area (Å²) in [5.41, 5.74) is 1.25. The van der Waals surface area contributed by atoms with Crippen molar-refractivity contribution in [3.63, 3.8) is 0 Å². The number of methoxy groups -OCH3 is 4. The zero-order chi connectivity index (χ0) is 33.5. The maximum absolute atomic E-state index is 14.4. The van der Waals surface area contributed by atoms with E-state index in [9.17, 15) is 18.0 Å². The van der Waals surface area contributed by atoms with Crippen LogP contribution >= 0.6 is 0 Å². The fourth-order valence-electron chi connectivity index (χ4n) is 4.64. The molecule has 1 N–H and O–H groups in total. The van der Waals surface area contributed by atoms with E-state index >= 15 is 0 Å². The standard InChI is InChI=1S/C33H43N3O8S/c1-22-12-10-11-13-24(22)20-35(23(2)32(38)34-33(3,4)5)31(37)21-36(27-18-25(41-6)14-16-28(27)42-7)45(39,40)26-15-17-29(43-8)30(19-26)44-9/h10-19,23H,20-21H2,1-9H3,(H,34,38)/t23-/m0/s1. The first kappa shape index (κ1) is 35.0. The lowest BCUT2D eigenvalue weighted by molar-refractivity contribution is -0.140. The van der Waals surface area contributed by atoms with Gasteiger partial charge in [-0.3, -0.25) is 13.9 Å². The maximum Gasteiger partial charge on any atom is 0.265 e. The van der Waals surface area contributed by atoms with Gasteiger partial charge >= 0.3 is 0 Å². The SMILES string of the molecule is COc1ccc(OC)c(N(CC(=O)N(Cc2ccccc2C)[C@@H](C)C(=O)NC(C)(C)C)S(=O)(=O)c2ccc(OC)c(OC)c2)c1. The Labute approximate surface area is 266 Å². The fraction of sp³-hybridized carbons (Fsp3) is 0.394. The summed E-state index contributed by atoms with van der Waals surface area (Å²) in [7, 11) is 1.25. The number of anilines is 1. The van der Waals surface area contributed by atoms with Crippen LogP contribution in [0, 0.1) is 6.92 Å². The third kappa shape index (κ3) is 8.39. The second-order valence-electron chi connectivity index (χ2n) is 11.4. The van der Waals surface area contributed by atoms with Gasteiger partial charge in [-0.1, -0.05) is 24.3 Å². The quantitative estimate of drug-likeness (QED) is 0.288. The van der Waals surface area contributed by atoms with E-state index in [4.69, 9.17) is 18.9 Å². The molecule has 45 heavy (non-hydrogen) atoms. The van der Waals surface area contributed by atoms with Gasteiger partial charge in [0, 0.05) is 24.2 Å². The molecule has 11 nitrogen and oxygen atoms in total. The van der Waals surface area contributed by atoms with Crippen molar-refractivity contribution in [3.05, 3.63) is 71.8 Å². The van der Waals surface area contributed by atoms with Crippen molar-refractivity contribution >= 4 is 27.5 Å². The van der Waals surface area contributed by atoms with E-state index in [1.807, 2.05) is 52.0 Å². The van der Waals surface area contributed by atoms with E-state index in [0.29, 0.717) is 11.5 Å². The molecule has 3 aromatic carbocycles. The third-order valence-corrected chi connectivity index (χ3v) is 8.90. The molecule has 0 aliphatic rings. The normalized spacial score (nSPS) is 12.1. The molecule has 0 aliphatic heterocycles. The number of nitrogens with one attached hydrogen (secondary N) is 1. The summed E-state index contributed by atoms with van der Waals surface area (Å²) in [4.78, 5) is 28.9. The molecule has 0 radical (unpaired) electrons. The molecule has 0 heterocycles. The first-order chi connectivity index (χ1) is 21.2. The van der Waals surface area contributed by atoms with Crippen LogP contribution in [0.25, 0.3) is 0 Å². The third-order valence-electron chi connectivity index (χ3n) is 7.14. The number of sulfonamides is 1. The van der Waals surface area contributed by atoms with Gasteiger partial charge in [-0.15, -0.1) is 0 Å². The second-order valence-corrected chi connectivity index (χ2v) is 13.3. The van der Waals surface area contributed by atoms with Crippen molar-refractivity contribution in [2.75, 3.05) is 39.3 Å². The molecular formula is C33H43N3O8S. The molecule has 0 saturated carbocycles. The zero-order valence-electron chi connectivity index (χ0n) is 27.3. The average molecular weight is 642 g/mol. The number of ether oxygens (including phenoxy) is 4. The van der Waals surface area contributed by atoms with Gasteiger partial charge < -0.3 is 29.2 Å². The molecule has 12 heteroatoms. The average Bonchev–Trinajstić information content (AvgIpc) is 3.01. The number of carbonyl (C=O) groups excluding carboxylic acids is 2. The van der Waals surface area contributed by atoms with E-state index in [2.05, 4.69) is 5.32 Å². The summed E-state index contributed by atoms with van der Waals surface area (Å²) in [5, 5.41) is 2.93. The van der Waals surface area contributed by atoms with Gasteiger partial charge in [-0.25, -0.2) is 8.42 Å². The van der Waals surface area contributed by atoms with Crippen LogP contribution in [0.1, 0.15) is 38.8 Å². The van der Waals surface area contributed by atoms with Gasteiger partial charge in [0.25, 0.3) is 10.0 Å². The first-order valence-corrected chi connectivity index (χ1v) is 15.7. The van der Waals surface area contributed by atoms with Crippen molar-refractivity contribution in [1.29, 1.82) is 0 Å². The topological polar surface area (TPSA) is 124 Å². The Morgan fingerprint density at radius 1 is 0.844 bits per heavy atom. The predicted octanol–water partition coefficient (Wildman–Crippen LogP) is 4.56. The smallest absolute Gasteiger partial charge is 0.265 e. The highest BCUT2D eigenvalue weighted by Gasteiger charge is 2.35. The van der Waals surface area contributed by atoms with E-state index in [0.717, 1.165) is 15.4 Å². The van der Waals surface area contributed by atoms with Gasteiger partial charge in [0.1, 0.15) is 24.1 Å². The predicted molar refractivity (Wildman–Crippen MR) is 173 cm³/mol. The summed E-state index contributed by atoms with van der Waals surface area (Å²) in [5.74, 6) is 0.0794. The Bertz CT molecular complexity index is 1620. The van der Waals surface area contributed by atoms with Crippen molar-refractivity contribution in [1.82, 2.24) is 10.2 Å². The largest absolute Gasteiger partial charge is 0.497 e. The van der Waals surface area contributed by atoms with Crippen LogP contribution in [0.4, 0.5) is 5.69 Å². The lowest BCUT2D eigenvalue weighted by Gasteiger charge is -2.34. The lowest BCUT2D eigenvalue weighted by atomic mass is 10.1. The van der Waals surface area contributed by atoms with Crippen LogP contribution in [0.3, 0.4) is 0 Å². The van der Waals surface area contributed by atoms with Gasteiger partial charge in [0.2, 0.25) is 11.8 Å². The minimum absolute atomic E-state index is 0.0719. The van der Waals surface area contributed by atoms with Gasteiger partial charge in [-0.2, -0.15) is 0 Å². The van der Waals surface area contributed by atoms with E-state index in [1.54, 1.807) is 19.1 Å². The molecule has 0 saturated heterocycles. The van der Waals surface area contributed by atoms with Gasteiger partial charge in [0.05, 0.1) is 39.0 Å². The van der Waals surface area contributed by atoms with Crippen LogP contribution in [-0.4, -0.2) is 71.7 Å². The van der Waals surface area contributed by atoms with E-state index in [-0.39, 0.29) is 34.5 Å². The van der Waals surface area contributed by atoms with E-state index in [1.165, 1.54) is 57.6 Å². The molecular weight excluding hydrogens is 598 g/mol. The zero-order valence-corrected chi connectivity index (χ0v) is 28.2. The van der Waals surface area contributed by atoms with Crippen molar-refractivity contribution < 1.29 is 37.0 Å². The van der Waals surface area contributed by atoms with Crippen molar-refractivity contribution in [2.45, 2.75) is 57.6 Å². The van der Waals surface area contributed by atoms with Crippen LogP contribution in [0.2, 0.25) is 0 Å². The maximum atomic E-state index is 14.4. The summed E-state index contributed by atoms with van der Waals surface area (Å²) in [6.07, 6.45) is 0. The molecule has 0 spiro atoms. The van der Waals surface area contributed by atoms with Crippen molar-refractivity contribution in [2.24, 2.45) is 0 Å². The molecule has 244 valence electrons. The Kier molecular flexibility index (Phi) is 11.3. The molecule has 0 bridgehead atoms. The van der Waals surface area contributed by atoms with Crippen LogP contribution in [0.15, 0.2) is 65.6 Å². The minimum atomic E-state index is -4.44. The molecule has 0 fully saturated rings. The number of nitrogens with zero attached hydrogens (tertiary/aromatic N) is 2. The van der Waals surface area contributed by atoms with Gasteiger partial charge in [-0.05, 0) is 70.0 Å². The summed E-state index contributed by atoms with van der Waals surface area (Å²) in [6, 6.07) is 15.4. The second kappa shape index (κ2) is 14.6. The number of aryl methyl sites for hydroxylation is 1. The molecule has 2 amide bonds. The Balaban J connectivity index is 2.19. The highest BCUT2D eigenvalue weighted by Crippen LogP contribution is 2.38. The number of rotatable bonds is 13. The number of benzene rings is 3. The molecule has 0 unspecified atom stereocenters. The Morgan fingerprint density at radius 3 is 2.04 bits per heavy atom. The summed E-state index contributed by atoms with van der Waals surface area (Å²) < 4.78 is 51.4. The molecule has 1 atom stereocenters. The molecule has 3 aromatic rings. The van der Waals surface area contributed by atoms with Gasteiger partial charge in [0.15, 0.2) is 11.5 Å².